The van der Waals surface area contributed by atoms with Gasteiger partial charge in [-0.25, -0.2) is 0 Å². The second kappa shape index (κ2) is 2.23. The van der Waals surface area contributed by atoms with E-state index in [1.165, 1.54) is 19.3 Å². The van der Waals surface area contributed by atoms with E-state index in [4.69, 9.17) is 5.26 Å². The van der Waals surface area contributed by atoms with Crippen LogP contribution in [0.3, 0.4) is 0 Å². The van der Waals surface area contributed by atoms with E-state index in [2.05, 4.69) is 22.0 Å². The third-order valence-electron chi connectivity index (χ3n) is 3.33. The van der Waals surface area contributed by atoms with Crippen molar-refractivity contribution in [1.82, 2.24) is 0 Å². The maximum atomic E-state index is 8.91. The number of hydrogen-bond acceptors (Lipinski definition) is 1. The minimum absolute atomic E-state index is 0.0143. The maximum Gasteiger partial charge on any atom is 0.0699 e. The molecule has 0 N–H and O–H groups in total. The molecule has 0 amide bonds. The lowest BCUT2D eigenvalue weighted by Gasteiger charge is -2.57. The smallest absolute Gasteiger partial charge is 0.0699 e. The van der Waals surface area contributed by atoms with Crippen molar-refractivity contribution in [3.63, 3.8) is 0 Å². The predicted octanol–water partition coefficient (Wildman–Crippen LogP) is 2.86. The van der Waals surface area contributed by atoms with Crippen LogP contribution >= 0.6 is 15.9 Å². The Kier molecular flexibility index (Phi) is 1.54. The zero-order valence-electron chi connectivity index (χ0n) is 6.57. The molecule has 2 rings (SSSR count). The van der Waals surface area contributed by atoms with Crippen LogP contribution in [0.15, 0.2) is 0 Å². The van der Waals surface area contributed by atoms with Gasteiger partial charge in [-0.3, -0.25) is 0 Å². The Morgan fingerprint density at radius 2 is 2.00 bits per heavy atom. The van der Waals surface area contributed by atoms with Crippen LogP contribution in [0.1, 0.15) is 32.1 Å². The molecule has 0 aliphatic heterocycles. The van der Waals surface area contributed by atoms with Crippen molar-refractivity contribution >= 4 is 15.9 Å². The Balaban J connectivity index is 2.00. The van der Waals surface area contributed by atoms with Crippen molar-refractivity contribution in [2.75, 3.05) is 5.33 Å². The zero-order chi connectivity index (χ0) is 7.95. The molecule has 0 unspecified atom stereocenters. The van der Waals surface area contributed by atoms with Gasteiger partial charge < -0.3 is 0 Å². The van der Waals surface area contributed by atoms with E-state index in [0.29, 0.717) is 5.41 Å². The molecule has 0 aromatic carbocycles. The molecule has 0 radical (unpaired) electrons. The van der Waals surface area contributed by atoms with Crippen molar-refractivity contribution in [3.8, 4) is 6.07 Å². The molecule has 2 aliphatic carbocycles. The van der Waals surface area contributed by atoms with Crippen LogP contribution in [-0.2, 0) is 0 Å². The molecule has 11 heavy (non-hydrogen) atoms. The highest BCUT2D eigenvalue weighted by molar-refractivity contribution is 9.09. The first-order valence-electron chi connectivity index (χ1n) is 4.22. The van der Waals surface area contributed by atoms with Crippen LogP contribution in [0, 0.1) is 22.2 Å². The van der Waals surface area contributed by atoms with Gasteiger partial charge in [0.15, 0.2) is 0 Å². The molecule has 2 aliphatic rings. The topological polar surface area (TPSA) is 23.8 Å². The van der Waals surface area contributed by atoms with Gasteiger partial charge >= 0.3 is 0 Å². The van der Waals surface area contributed by atoms with Crippen molar-refractivity contribution < 1.29 is 0 Å². The minimum atomic E-state index is 0.0143. The first kappa shape index (κ1) is 7.61. The van der Waals surface area contributed by atoms with Crippen LogP contribution in [0.25, 0.3) is 0 Å². The van der Waals surface area contributed by atoms with Crippen LogP contribution in [-0.4, -0.2) is 5.33 Å². The van der Waals surface area contributed by atoms with E-state index in [9.17, 15) is 0 Å². The second-order valence-electron chi connectivity index (χ2n) is 4.23. The molecule has 1 nitrogen and oxygen atoms in total. The lowest BCUT2D eigenvalue weighted by atomic mass is 9.46. The molecule has 2 heteroatoms. The lowest BCUT2D eigenvalue weighted by molar-refractivity contribution is -0.0509. The van der Waals surface area contributed by atoms with Crippen LogP contribution in [0.2, 0.25) is 0 Å². The molecule has 2 saturated carbocycles. The van der Waals surface area contributed by atoms with Crippen LogP contribution in [0.5, 0.6) is 0 Å². The number of alkyl halides is 1. The van der Waals surface area contributed by atoms with Gasteiger partial charge in [-0.05, 0) is 31.1 Å². The SMILES string of the molecule is N#CC1(CBr)CC2(CCC2)C1. The van der Waals surface area contributed by atoms with Gasteiger partial charge in [-0.15, -0.1) is 0 Å². The highest BCUT2D eigenvalue weighted by Gasteiger charge is 2.56. The summed E-state index contributed by atoms with van der Waals surface area (Å²) < 4.78 is 0. The van der Waals surface area contributed by atoms with E-state index in [-0.39, 0.29) is 5.41 Å². The number of nitriles is 1. The molecule has 2 fully saturated rings. The van der Waals surface area contributed by atoms with Gasteiger partial charge in [0.1, 0.15) is 0 Å². The fourth-order valence-corrected chi connectivity index (χ4v) is 3.14. The zero-order valence-corrected chi connectivity index (χ0v) is 8.15. The molecule has 0 aromatic rings. The normalized spacial score (nSPS) is 30.2. The summed E-state index contributed by atoms with van der Waals surface area (Å²) in [7, 11) is 0. The number of nitrogens with zero attached hydrogens (tertiary/aromatic N) is 1. The lowest BCUT2D eigenvalue weighted by Crippen LogP contribution is -2.50. The molecule has 0 aromatic heterocycles. The summed E-state index contributed by atoms with van der Waals surface area (Å²) in [4.78, 5) is 0. The molecular weight excluding hydrogens is 202 g/mol. The number of hydrogen-bond donors (Lipinski definition) is 0. The highest BCUT2D eigenvalue weighted by atomic mass is 79.9. The molecule has 1 spiro atoms. The average Bonchev–Trinajstić information content (AvgIpc) is 1.85. The van der Waals surface area contributed by atoms with Crippen molar-refractivity contribution in [2.24, 2.45) is 10.8 Å². The highest BCUT2D eigenvalue weighted by Crippen LogP contribution is 2.64. The average molecular weight is 214 g/mol. The van der Waals surface area contributed by atoms with Crippen molar-refractivity contribution in [3.05, 3.63) is 0 Å². The molecule has 0 saturated heterocycles. The summed E-state index contributed by atoms with van der Waals surface area (Å²) in [6.45, 7) is 0. The van der Waals surface area contributed by atoms with E-state index in [1.807, 2.05) is 0 Å². The van der Waals surface area contributed by atoms with Gasteiger partial charge in [-0.1, -0.05) is 22.4 Å². The predicted molar refractivity (Wildman–Crippen MR) is 47.4 cm³/mol. The third kappa shape index (κ3) is 0.939. The van der Waals surface area contributed by atoms with Gasteiger partial charge in [0.05, 0.1) is 11.5 Å². The van der Waals surface area contributed by atoms with E-state index in [0.717, 1.165) is 18.2 Å². The maximum absolute atomic E-state index is 8.91. The first-order valence-corrected chi connectivity index (χ1v) is 5.34. The van der Waals surface area contributed by atoms with E-state index in [1.54, 1.807) is 0 Å². The molecular formula is C9H12BrN. The molecule has 60 valence electrons. The quantitative estimate of drug-likeness (QED) is 0.615. The Morgan fingerprint density at radius 3 is 2.27 bits per heavy atom. The standard InChI is InChI=1S/C9H12BrN/c10-6-9(7-11)4-8(5-9)2-1-3-8/h1-6H2. The van der Waals surface area contributed by atoms with Crippen molar-refractivity contribution in [2.45, 2.75) is 32.1 Å². The number of halogens is 1. The van der Waals surface area contributed by atoms with Crippen LogP contribution < -0.4 is 0 Å². The largest absolute Gasteiger partial charge is 0.198 e. The second-order valence-corrected chi connectivity index (χ2v) is 4.79. The van der Waals surface area contributed by atoms with Gasteiger partial charge in [0, 0.05) is 5.33 Å². The fourth-order valence-electron chi connectivity index (χ4n) is 2.62. The number of rotatable bonds is 1. The summed E-state index contributed by atoms with van der Waals surface area (Å²) >= 11 is 3.43. The summed E-state index contributed by atoms with van der Waals surface area (Å²) in [6, 6.07) is 2.44. The summed E-state index contributed by atoms with van der Waals surface area (Å²) in [5.74, 6) is 0. The first-order chi connectivity index (χ1) is 5.24. The molecule has 0 bridgehead atoms. The Hall–Kier alpha value is -0.0300. The summed E-state index contributed by atoms with van der Waals surface area (Å²) in [5, 5.41) is 9.78. The van der Waals surface area contributed by atoms with Crippen molar-refractivity contribution in [1.29, 1.82) is 5.26 Å². The summed E-state index contributed by atoms with van der Waals surface area (Å²) in [5.41, 5.74) is 0.643. The Morgan fingerprint density at radius 1 is 1.36 bits per heavy atom. The summed E-state index contributed by atoms with van der Waals surface area (Å²) in [6.07, 6.45) is 6.46. The van der Waals surface area contributed by atoms with Crippen LogP contribution in [0.4, 0.5) is 0 Å². The van der Waals surface area contributed by atoms with E-state index >= 15 is 0 Å². The minimum Gasteiger partial charge on any atom is -0.198 e. The van der Waals surface area contributed by atoms with Gasteiger partial charge in [-0.2, -0.15) is 5.26 Å². The van der Waals surface area contributed by atoms with Gasteiger partial charge in [0.2, 0.25) is 0 Å². The Labute approximate surface area is 75.9 Å². The van der Waals surface area contributed by atoms with Gasteiger partial charge in [0.25, 0.3) is 0 Å². The monoisotopic (exact) mass is 213 g/mol. The molecule has 0 heterocycles. The third-order valence-corrected chi connectivity index (χ3v) is 4.41. The fraction of sp³-hybridized carbons (Fsp3) is 0.889. The Bertz CT molecular complexity index is 204. The van der Waals surface area contributed by atoms with E-state index < -0.39 is 0 Å². The molecule has 0 atom stereocenters.